The van der Waals surface area contributed by atoms with Crippen LogP contribution in [0.4, 0.5) is 34.1 Å². The van der Waals surface area contributed by atoms with Crippen LogP contribution in [0.5, 0.6) is 0 Å². The summed E-state index contributed by atoms with van der Waals surface area (Å²) < 4.78 is 4.25. The van der Waals surface area contributed by atoms with Gasteiger partial charge in [0, 0.05) is 48.3 Å². The van der Waals surface area contributed by atoms with Crippen molar-refractivity contribution in [2.75, 3.05) is 24.0 Å². The Bertz CT molecular complexity index is 1380. The summed E-state index contributed by atoms with van der Waals surface area (Å²) in [5.41, 5.74) is 9.18. The number of benzene rings is 6. The molecular formula is C38H34N2O. The maximum Gasteiger partial charge on any atom is 0.0462 e. The molecule has 0 spiro atoms. The second-order valence-electron chi connectivity index (χ2n) is 9.52. The molecule has 0 aliphatic carbocycles. The summed E-state index contributed by atoms with van der Waals surface area (Å²) in [6, 6.07) is 59.6. The van der Waals surface area contributed by atoms with Gasteiger partial charge in [-0.1, -0.05) is 97.1 Å². The molecule has 0 saturated carbocycles. The van der Waals surface area contributed by atoms with E-state index in [1.807, 2.05) is 0 Å². The Morgan fingerprint density at radius 2 is 0.488 bits per heavy atom. The van der Waals surface area contributed by atoms with Crippen molar-refractivity contribution >= 4 is 34.1 Å². The molecule has 0 atom stereocenters. The highest BCUT2D eigenvalue weighted by molar-refractivity contribution is 5.80. The first-order valence-electron chi connectivity index (χ1n) is 13.7. The largest absolute Gasteiger partial charge is 0.388 e. The summed E-state index contributed by atoms with van der Waals surface area (Å²) in [7, 11) is 3.25. The van der Waals surface area contributed by atoms with E-state index in [1.165, 1.54) is 11.1 Å². The van der Waals surface area contributed by atoms with Crippen LogP contribution in [-0.4, -0.2) is 14.2 Å². The Balaban J connectivity index is 0.00000108. The van der Waals surface area contributed by atoms with Crippen LogP contribution in [0.25, 0.3) is 11.1 Å². The van der Waals surface area contributed by atoms with Crippen LogP contribution in [0.3, 0.4) is 0 Å². The minimum atomic E-state index is 1.13. The van der Waals surface area contributed by atoms with E-state index in [2.05, 4.69) is 184 Å². The van der Waals surface area contributed by atoms with Gasteiger partial charge < -0.3 is 14.5 Å². The third kappa shape index (κ3) is 6.73. The number of hydrogen-bond donors (Lipinski definition) is 0. The predicted octanol–water partition coefficient (Wildman–Crippen LogP) is 10.6. The standard InChI is InChI=1S/C36H28N2.C2H6O/c1-5-13-31(14-6-1)37(32-15-7-2-8-16-32)35-25-21-29(22-26-35)30-23-27-36(28-24-30)38(33-17-9-3-10-18-33)34-19-11-4-12-20-34;1-3-2/h1-28H;1-2H3. The first-order chi connectivity index (χ1) is 20.3. The molecule has 0 radical (unpaired) electrons. The van der Waals surface area contributed by atoms with Crippen molar-refractivity contribution in [3.05, 3.63) is 170 Å². The molecule has 0 amide bonds. The lowest BCUT2D eigenvalue weighted by molar-refractivity contribution is 0.277. The van der Waals surface area contributed by atoms with Crippen LogP contribution in [0.15, 0.2) is 170 Å². The van der Waals surface area contributed by atoms with Crippen LogP contribution in [0.2, 0.25) is 0 Å². The maximum absolute atomic E-state index is 4.25. The second-order valence-corrected chi connectivity index (χ2v) is 9.52. The van der Waals surface area contributed by atoms with Gasteiger partial charge in [-0.15, -0.1) is 0 Å². The predicted molar refractivity (Wildman–Crippen MR) is 174 cm³/mol. The van der Waals surface area contributed by atoms with E-state index in [1.54, 1.807) is 14.2 Å². The van der Waals surface area contributed by atoms with Crippen molar-refractivity contribution in [3.8, 4) is 11.1 Å². The summed E-state index contributed by atoms with van der Waals surface area (Å²) in [6.07, 6.45) is 0. The molecule has 6 aromatic rings. The number of anilines is 6. The molecule has 3 nitrogen and oxygen atoms in total. The fraction of sp³-hybridized carbons (Fsp3) is 0.0526. The first-order valence-corrected chi connectivity index (χ1v) is 13.7. The van der Waals surface area contributed by atoms with E-state index >= 15 is 0 Å². The van der Waals surface area contributed by atoms with E-state index in [0.717, 1.165) is 34.1 Å². The fourth-order valence-corrected chi connectivity index (χ4v) is 4.81. The lowest BCUT2D eigenvalue weighted by atomic mass is 10.0. The normalized spacial score (nSPS) is 10.3. The molecule has 0 unspecified atom stereocenters. The van der Waals surface area contributed by atoms with Gasteiger partial charge in [-0.3, -0.25) is 0 Å². The van der Waals surface area contributed by atoms with Gasteiger partial charge in [-0.25, -0.2) is 0 Å². The zero-order valence-electron chi connectivity index (χ0n) is 23.5. The number of ether oxygens (including phenoxy) is 1. The summed E-state index contributed by atoms with van der Waals surface area (Å²) in [4.78, 5) is 4.56. The molecule has 202 valence electrons. The van der Waals surface area contributed by atoms with Gasteiger partial charge in [0.2, 0.25) is 0 Å². The maximum atomic E-state index is 4.25. The topological polar surface area (TPSA) is 15.7 Å². The fourth-order valence-electron chi connectivity index (χ4n) is 4.81. The van der Waals surface area contributed by atoms with Gasteiger partial charge in [0.1, 0.15) is 0 Å². The molecule has 0 bridgehead atoms. The summed E-state index contributed by atoms with van der Waals surface area (Å²) in [6.45, 7) is 0. The van der Waals surface area contributed by atoms with Crippen LogP contribution in [-0.2, 0) is 4.74 Å². The number of para-hydroxylation sites is 4. The molecule has 0 aliphatic heterocycles. The second kappa shape index (κ2) is 13.8. The van der Waals surface area contributed by atoms with E-state index < -0.39 is 0 Å². The third-order valence-corrected chi connectivity index (χ3v) is 6.64. The molecule has 3 heteroatoms. The molecule has 0 saturated heterocycles. The zero-order valence-corrected chi connectivity index (χ0v) is 23.5. The van der Waals surface area contributed by atoms with E-state index in [-0.39, 0.29) is 0 Å². The molecule has 0 aromatic heterocycles. The molecule has 0 fully saturated rings. The van der Waals surface area contributed by atoms with Gasteiger partial charge in [0.15, 0.2) is 0 Å². The molecule has 41 heavy (non-hydrogen) atoms. The Morgan fingerprint density at radius 1 is 0.293 bits per heavy atom. The minimum Gasteiger partial charge on any atom is -0.388 e. The van der Waals surface area contributed by atoms with Crippen molar-refractivity contribution in [1.29, 1.82) is 0 Å². The van der Waals surface area contributed by atoms with E-state index in [0.29, 0.717) is 0 Å². The Kier molecular flexibility index (Phi) is 9.23. The first kappa shape index (κ1) is 27.4. The highest BCUT2D eigenvalue weighted by atomic mass is 16.4. The average Bonchev–Trinajstić information content (AvgIpc) is 3.05. The van der Waals surface area contributed by atoms with Crippen molar-refractivity contribution in [3.63, 3.8) is 0 Å². The minimum absolute atomic E-state index is 1.13. The highest BCUT2D eigenvalue weighted by Gasteiger charge is 2.14. The SMILES string of the molecule is COC.c1ccc(N(c2ccccc2)c2ccc(-c3ccc(N(c4ccccc4)c4ccccc4)cc3)cc2)cc1. The van der Waals surface area contributed by atoms with Crippen molar-refractivity contribution < 1.29 is 4.74 Å². The van der Waals surface area contributed by atoms with Crippen LogP contribution < -0.4 is 9.80 Å². The lowest BCUT2D eigenvalue weighted by Crippen LogP contribution is -2.09. The molecule has 0 aliphatic rings. The van der Waals surface area contributed by atoms with E-state index in [9.17, 15) is 0 Å². The summed E-state index contributed by atoms with van der Waals surface area (Å²) >= 11 is 0. The molecule has 0 heterocycles. The molecule has 6 rings (SSSR count). The van der Waals surface area contributed by atoms with E-state index in [4.69, 9.17) is 0 Å². The quantitative estimate of drug-likeness (QED) is 0.203. The molecule has 0 N–H and O–H groups in total. The van der Waals surface area contributed by atoms with Crippen molar-refractivity contribution in [2.24, 2.45) is 0 Å². The Labute approximate surface area is 243 Å². The van der Waals surface area contributed by atoms with Crippen molar-refractivity contribution in [1.82, 2.24) is 0 Å². The third-order valence-electron chi connectivity index (χ3n) is 6.64. The number of methoxy groups -OCH3 is 1. The van der Waals surface area contributed by atoms with Gasteiger partial charge >= 0.3 is 0 Å². The summed E-state index contributed by atoms with van der Waals surface area (Å²) in [5.74, 6) is 0. The summed E-state index contributed by atoms with van der Waals surface area (Å²) in [5, 5.41) is 0. The number of nitrogens with zero attached hydrogens (tertiary/aromatic N) is 2. The van der Waals surface area contributed by atoms with Crippen LogP contribution in [0.1, 0.15) is 0 Å². The number of rotatable bonds is 7. The van der Waals surface area contributed by atoms with Gasteiger partial charge in [0.05, 0.1) is 0 Å². The van der Waals surface area contributed by atoms with Gasteiger partial charge in [-0.2, -0.15) is 0 Å². The zero-order chi connectivity index (χ0) is 28.3. The Hall–Kier alpha value is -5.12. The molecule has 6 aromatic carbocycles. The highest BCUT2D eigenvalue weighted by Crippen LogP contribution is 2.37. The van der Waals surface area contributed by atoms with Crippen LogP contribution in [0, 0.1) is 0 Å². The monoisotopic (exact) mass is 534 g/mol. The average molecular weight is 535 g/mol. The Morgan fingerprint density at radius 3 is 0.707 bits per heavy atom. The van der Waals surface area contributed by atoms with Gasteiger partial charge in [0.25, 0.3) is 0 Å². The molecular weight excluding hydrogens is 500 g/mol. The number of hydrogen-bond acceptors (Lipinski definition) is 3. The van der Waals surface area contributed by atoms with Gasteiger partial charge in [-0.05, 0) is 83.9 Å². The lowest BCUT2D eigenvalue weighted by Gasteiger charge is -2.26. The smallest absolute Gasteiger partial charge is 0.0462 e. The van der Waals surface area contributed by atoms with Crippen molar-refractivity contribution in [2.45, 2.75) is 0 Å². The van der Waals surface area contributed by atoms with Crippen LogP contribution >= 0.6 is 0 Å².